The molecule has 6 nitrogen and oxygen atoms in total. The second-order valence-electron chi connectivity index (χ2n) is 6.78. The molecule has 0 saturated carbocycles. The third-order valence-electron chi connectivity index (χ3n) is 4.84. The van der Waals surface area contributed by atoms with Crippen LogP contribution in [-0.4, -0.2) is 54.0 Å². The van der Waals surface area contributed by atoms with Gasteiger partial charge in [0.2, 0.25) is 0 Å². The molecule has 0 spiro atoms. The van der Waals surface area contributed by atoms with E-state index in [0.29, 0.717) is 6.04 Å². The normalized spacial score (nSPS) is 25.0. The van der Waals surface area contributed by atoms with E-state index in [1.54, 1.807) is 6.33 Å². The monoisotopic (exact) mass is 306 g/mol. The minimum absolute atomic E-state index is 0.0596. The van der Waals surface area contributed by atoms with E-state index in [1.807, 2.05) is 6.07 Å². The van der Waals surface area contributed by atoms with E-state index in [9.17, 15) is 5.11 Å². The van der Waals surface area contributed by atoms with Crippen LogP contribution < -0.4 is 10.2 Å². The lowest BCUT2D eigenvalue weighted by Crippen LogP contribution is -2.40. The summed E-state index contributed by atoms with van der Waals surface area (Å²) in [5.74, 6) is 1.84. The van der Waals surface area contributed by atoms with Gasteiger partial charge in [0.25, 0.3) is 0 Å². The Labute approximate surface area is 131 Å². The molecule has 2 aliphatic heterocycles. The molecule has 122 valence electrons. The molecule has 0 bridgehead atoms. The molecule has 6 heteroatoms. The molecule has 2 saturated heterocycles. The van der Waals surface area contributed by atoms with E-state index < -0.39 is 0 Å². The number of ether oxygens (including phenoxy) is 1. The Hall–Kier alpha value is -1.40. The predicted molar refractivity (Wildman–Crippen MR) is 86.1 cm³/mol. The number of rotatable bonds is 4. The van der Waals surface area contributed by atoms with Crippen LogP contribution >= 0.6 is 0 Å². The summed E-state index contributed by atoms with van der Waals surface area (Å²) >= 11 is 0. The Morgan fingerprint density at radius 1 is 1.41 bits per heavy atom. The van der Waals surface area contributed by atoms with Crippen LogP contribution in [0.1, 0.15) is 32.6 Å². The van der Waals surface area contributed by atoms with E-state index >= 15 is 0 Å². The third-order valence-corrected chi connectivity index (χ3v) is 4.84. The first-order valence-corrected chi connectivity index (χ1v) is 8.21. The molecule has 2 N–H and O–H groups in total. The van der Waals surface area contributed by atoms with Gasteiger partial charge in [0.1, 0.15) is 18.0 Å². The first kappa shape index (κ1) is 15.5. The van der Waals surface area contributed by atoms with Crippen LogP contribution in [0.5, 0.6) is 0 Å². The Bertz CT molecular complexity index is 483. The van der Waals surface area contributed by atoms with Crippen molar-refractivity contribution in [1.82, 2.24) is 9.97 Å². The average Bonchev–Trinajstić information content (AvgIpc) is 2.57. The van der Waals surface area contributed by atoms with Gasteiger partial charge < -0.3 is 20.1 Å². The zero-order valence-corrected chi connectivity index (χ0v) is 13.3. The molecule has 0 aromatic carbocycles. The van der Waals surface area contributed by atoms with Gasteiger partial charge in [-0.05, 0) is 31.1 Å². The molecule has 2 fully saturated rings. The van der Waals surface area contributed by atoms with E-state index in [-0.39, 0.29) is 12.0 Å². The molecule has 3 rings (SSSR count). The number of aromatic nitrogens is 2. The molecule has 1 aromatic rings. The number of aliphatic hydroxyl groups is 1. The molecule has 0 unspecified atom stereocenters. The summed E-state index contributed by atoms with van der Waals surface area (Å²) in [5, 5.41) is 12.9. The largest absolute Gasteiger partial charge is 0.396 e. The second-order valence-corrected chi connectivity index (χ2v) is 6.78. The third kappa shape index (κ3) is 3.67. The maximum atomic E-state index is 9.47. The molecule has 22 heavy (non-hydrogen) atoms. The quantitative estimate of drug-likeness (QED) is 0.882. The summed E-state index contributed by atoms with van der Waals surface area (Å²) < 4.78 is 5.50. The molecule has 1 aromatic heterocycles. The maximum Gasteiger partial charge on any atom is 0.134 e. The summed E-state index contributed by atoms with van der Waals surface area (Å²) in [6.45, 7) is 5.89. The first-order chi connectivity index (χ1) is 10.7. The molecular formula is C16H26N4O2. The number of nitrogens with zero attached hydrogens (tertiary/aromatic N) is 3. The topological polar surface area (TPSA) is 70.5 Å². The van der Waals surface area contributed by atoms with Gasteiger partial charge in [-0.25, -0.2) is 9.97 Å². The van der Waals surface area contributed by atoms with E-state index in [0.717, 1.165) is 63.6 Å². The molecule has 1 atom stereocenters. The van der Waals surface area contributed by atoms with Crippen molar-refractivity contribution >= 4 is 11.6 Å². The van der Waals surface area contributed by atoms with Crippen LogP contribution in [0.4, 0.5) is 11.6 Å². The highest BCUT2D eigenvalue weighted by atomic mass is 16.5. The number of hydrogen-bond donors (Lipinski definition) is 2. The van der Waals surface area contributed by atoms with Crippen molar-refractivity contribution in [2.24, 2.45) is 5.41 Å². The molecular weight excluding hydrogens is 280 g/mol. The van der Waals surface area contributed by atoms with Gasteiger partial charge in [0.15, 0.2) is 0 Å². The maximum absolute atomic E-state index is 9.47. The number of aliphatic hydroxyl groups excluding tert-OH is 1. The molecule has 0 radical (unpaired) electrons. The van der Waals surface area contributed by atoms with Gasteiger partial charge in [-0.3, -0.25) is 0 Å². The van der Waals surface area contributed by atoms with Gasteiger partial charge in [-0.15, -0.1) is 0 Å². The molecule has 2 aliphatic rings. The van der Waals surface area contributed by atoms with Crippen LogP contribution in [0.3, 0.4) is 0 Å². The number of nitrogens with one attached hydrogen (secondary N) is 1. The van der Waals surface area contributed by atoms with Crippen molar-refractivity contribution in [2.75, 3.05) is 43.1 Å². The van der Waals surface area contributed by atoms with Crippen LogP contribution in [0.15, 0.2) is 12.4 Å². The van der Waals surface area contributed by atoms with Crippen molar-refractivity contribution in [3.8, 4) is 0 Å². The minimum atomic E-state index is 0.0596. The van der Waals surface area contributed by atoms with E-state index in [2.05, 4.69) is 27.1 Å². The van der Waals surface area contributed by atoms with Gasteiger partial charge in [-0.2, -0.15) is 0 Å². The summed E-state index contributed by atoms with van der Waals surface area (Å²) in [6, 6.07) is 2.37. The molecule has 0 amide bonds. The summed E-state index contributed by atoms with van der Waals surface area (Å²) in [6.07, 6.45) is 5.83. The highest BCUT2D eigenvalue weighted by Gasteiger charge is 2.30. The van der Waals surface area contributed by atoms with Crippen LogP contribution in [-0.2, 0) is 4.74 Å². The van der Waals surface area contributed by atoms with Gasteiger partial charge in [0.05, 0.1) is 12.6 Å². The second kappa shape index (κ2) is 6.79. The van der Waals surface area contributed by atoms with Crippen molar-refractivity contribution in [2.45, 2.75) is 38.6 Å². The van der Waals surface area contributed by atoms with Crippen molar-refractivity contribution in [3.63, 3.8) is 0 Å². The highest BCUT2D eigenvalue weighted by Crippen LogP contribution is 2.32. The fourth-order valence-corrected chi connectivity index (χ4v) is 3.10. The number of hydrogen-bond acceptors (Lipinski definition) is 6. The summed E-state index contributed by atoms with van der Waals surface area (Å²) in [5.41, 5.74) is 0.0596. The van der Waals surface area contributed by atoms with Crippen molar-refractivity contribution in [1.29, 1.82) is 0 Å². The predicted octanol–water partition coefficient (Wildman–Crippen LogP) is 1.67. The zero-order valence-electron chi connectivity index (χ0n) is 13.3. The standard InChI is InChI=1S/C16H26N4O2/c1-16(11-21)4-6-20(7-5-16)15-9-14(17-12-18-15)19-13-3-2-8-22-10-13/h9,12-13,21H,2-8,10-11H2,1H3,(H,17,18,19)/t13-/m0/s1. The smallest absolute Gasteiger partial charge is 0.134 e. The van der Waals surface area contributed by atoms with Gasteiger partial charge >= 0.3 is 0 Å². The number of piperidine rings is 1. The fraction of sp³-hybridized carbons (Fsp3) is 0.750. The van der Waals surface area contributed by atoms with Crippen molar-refractivity contribution in [3.05, 3.63) is 12.4 Å². The van der Waals surface area contributed by atoms with Crippen molar-refractivity contribution < 1.29 is 9.84 Å². The lowest BCUT2D eigenvalue weighted by atomic mass is 9.81. The Kier molecular flexibility index (Phi) is 4.78. The SMILES string of the molecule is CC1(CO)CCN(c2cc(N[C@H]3CCCOC3)ncn2)CC1. The van der Waals surface area contributed by atoms with Crippen LogP contribution in [0.2, 0.25) is 0 Å². The summed E-state index contributed by atoms with van der Waals surface area (Å²) in [7, 11) is 0. The Morgan fingerprint density at radius 2 is 2.23 bits per heavy atom. The lowest BCUT2D eigenvalue weighted by Gasteiger charge is -2.38. The van der Waals surface area contributed by atoms with Crippen LogP contribution in [0, 0.1) is 5.41 Å². The van der Waals surface area contributed by atoms with E-state index in [1.165, 1.54) is 0 Å². The van der Waals surface area contributed by atoms with E-state index in [4.69, 9.17) is 4.74 Å². The average molecular weight is 306 g/mol. The first-order valence-electron chi connectivity index (χ1n) is 8.21. The molecule has 3 heterocycles. The zero-order chi connectivity index (χ0) is 15.4. The Morgan fingerprint density at radius 3 is 2.91 bits per heavy atom. The number of anilines is 2. The minimum Gasteiger partial charge on any atom is -0.396 e. The van der Waals surface area contributed by atoms with Gasteiger partial charge in [-0.1, -0.05) is 6.92 Å². The highest BCUT2D eigenvalue weighted by molar-refractivity contribution is 5.49. The van der Waals surface area contributed by atoms with Crippen LogP contribution in [0.25, 0.3) is 0 Å². The summed E-state index contributed by atoms with van der Waals surface area (Å²) in [4.78, 5) is 11.0. The Balaban J connectivity index is 1.61. The lowest BCUT2D eigenvalue weighted by molar-refractivity contribution is 0.0875. The molecule has 0 aliphatic carbocycles. The fourth-order valence-electron chi connectivity index (χ4n) is 3.10. The van der Waals surface area contributed by atoms with Gasteiger partial charge in [0, 0.05) is 32.4 Å².